The van der Waals surface area contributed by atoms with Crippen molar-refractivity contribution in [2.45, 2.75) is 12.8 Å². The summed E-state index contributed by atoms with van der Waals surface area (Å²) in [6.07, 6.45) is 2.68. The lowest BCUT2D eigenvalue weighted by Gasteiger charge is -2.14. The molecule has 1 aromatic carbocycles. The van der Waals surface area contributed by atoms with E-state index in [9.17, 15) is 0 Å². The van der Waals surface area contributed by atoms with Gasteiger partial charge >= 0.3 is 0 Å². The molecule has 1 saturated carbocycles. The molecule has 0 spiro atoms. The van der Waals surface area contributed by atoms with Gasteiger partial charge in [0.25, 0.3) is 0 Å². The lowest BCUT2D eigenvalue weighted by Crippen LogP contribution is -2.30. The van der Waals surface area contributed by atoms with Crippen molar-refractivity contribution >= 4 is 28.7 Å². The van der Waals surface area contributed by atoms with E-state index in [1.165, 1.54) is 18.5 Å². The van der Waals surface area contributed by atoms with E-state index in [1.807, 2.05) is 26.2 Å². The zero-order chi connectivity index (χ0) is 12.3. The molecule has 4 heteroatoms. The van der Waals surface area contributed by atoms with Crippen LogP contribution in [0.2, 0.25) is 0 Å². The lowest BCUT2D eigenvalue weighted by atomic mass is 10.2. The minimum absolute atomic E-state index is 0.717. The first kappa shape index (κ1) is 12.2. The van der Waals surface area contributed by atoms with Crippen LogP contribution in [0.25, 0.3) is 0 Å². The van der Waals surface area contributed by atoms with Crippen molar-refractivity contribution in [3.63, 3.8) is 0 Å². The normalized spacial score (nSPS) is 14.2. The minimum Gasteiger partial charge on any atom is -0.378 e. The molecule has 0 heterocycles. The van der Waals surface area contributed by atoms with E-state index in [0.717, 1.165) is 23.3 Å². The monoisotopic (exact) mass is 249 g/mol. The summed E-state index contributed by atoms with van der Waals surface area (Å²) >= 11 is 5.23. The van der Waals surface area contributed by atoms with Gasteiger partial charge < -0.3 is 15.5 Å². The molecule has 0 saturated heterocycles. The van der Waals surface area contributed by atoms with E-state index >= 15 is 0 Å². The van der Waals surface area contributed by atoms with E-state index in [4.69, 9.17) is 12.2 Å². The van der Waals surface area contributed by atoms with Crippen LogP contribution < -0.4 is 15.5 Å². The summed E-state index contributed by atoms with van der Waals surface area (Å²) in [5, 5.41) is 7.15. The summed E-state index contributed by atoms with van der Waals surface area (Å²) in [4.78, 5) is 2.08. The highest BCUT2D eigenvalue weighted by Crippen LogP contribution is 2.27. The maximum Gasteiger partial charge on any atom is 0.170 e. The first-order chi connectivity index (χ1) is 8.15. The molecule has 1 fully saturated rings. The third-order valence-corrected chi connectivity index (χ3v) is 3.14. The van der Waals surface area contributed by atoms with Gasteiger partial charge in [-0.2, -0.15) is 0 Å². The molecule has 0 aromatic heterocycles. The van der Waals surface area contributed by atoms with Gasteiger partial charge in [-0.25, -0.2) is 0 Å². The first-order valence-electron chi connectivity index (χ1n) is 5.97. The molecule has 1 aliphatic rings. The fourth-order valence-electron chi connectivity index (χ4n) is 1.58. The summed E-state index contributed by atoms with van der Waals surface area (Å²) in [6.45, 7) is 1.00. The van der Waals surface area contributed by atoms with Crippen LogP contribution in [0.4, 0.5) is 11.4 Å². The van der Waals surface area contributed by atoms with Crippen LogP contribution in [0.3, 0.4) is 0 Å². The van der Waals surface area contributed by atoms with E-state index in [-0.39, 0.29) is 0 Å². The van der Waals surface area contributed by atoms with Gasteiger partial charge in [0.2, 0.25) is 0 Å². The Kier molecular flexibility index (Phi) is 3.84. The van der Waals surface area contributed by atoms with Crippen molar-refractivity contribution < 1.29 is 0 Å². The van der Waals surface area contributed by atoms with Gasteiger partial charge in [0.1, 0.15) is 0 Å². The average molecular weight is 249 g/mol. The van der Waals surface area contributed by atoms with Crippen LogP contribution in [0.5, 0.6) is 0 Å². The summed E-state index contributed by atoms with van der Waals surface area (Å²) in [5.74, 6) is 0.839. The second kappa shape index (κ2) is 5.36. The van der Waals surface area contributed by atoms with Crippen LogP contribution in [0, 0.1) is 5.92 Å². The molecular weight excluding hydrogens is 230 g/mol. The molecule has 0 unspecified atom stereocenters. The molecule has 1 aliphatic carbocycles. The van der Waals surface area contributed by atoms with Crippen molar-refractivity contribution in [1.82, 2.24) is 5.32 Å². The number of hydrogen-bond donors (Lipinski definition) is 2. The van der Waals surface area contributed by atoms with Gasteiger partial charge in [0.15, 0.2) is 5.11 Å². The number of nitrogens with zero attached hydrogens (tertiary/aromatic N) is 1. The Labute approximate surface area is 108 Å². The van der Waals surface area contributed by atoms with Crippen molar-refractivity contribution in [3.8, 4) is 0 Å². The third kappa shape index (κ3) is 3.89. The minimum atomic E-state index is 0.717. The van der Waals surface area contributed by atoms with Crippen LogP contribution in [-0.2, 0) is 0 Å². The largest absolute Gasteiger partial charge is 0.378 e. The smallest absolute Gasteiger partial charge is 0.170 e. The lowest BCUT2D eigenvalue weighted by molar-refractivity contribution is 0.777. The van der Waals surface area contributed by atoms with Gasteiger partial charge in [-0.05, 0) is 55.2 Å². The van der Waals surface area contributed by atoms with Gasteiger partial charge in [0.05, 0.1) is 0 Å². The highest BCUT2D eigenvalue weighted by atomic mass is 32.1. The van der Waals surface area contributed by atoms with Crippen LogP contribution >= 0.6 is 12.2 Å². The standard InChI is InChI=1S/C13H19N3S/c1-16(2)12-7-5-11(6-8-12)15-13(17)14-9-10-3-4-10/h5-8,10H,3-4,9H2,1-2H3,(H2,14,15,17). The average Bonchev–Trinajstić information content (AvgIpc) is 3.11. The molecule has 2 N–H and O–H groups in total. The van der Waals surface area contributed by atoms with Gasteiger partial charge in [0, 0.05) is 32.0 Å². The van der Waals surface area contributed by atoms with Crippen molar-refractivity contribution in [1.29, 1.82) is 0 Å². The Balaban J connectivity index is 1.82. The quantitative estimate of drug-likeness (QED) is 0.802. The molecule has 17 heavy (non-hydrogen) atoms. The molecule has 1 aromatic rings. The van der Waals surface area contributed by atoms with E-state index < -0.39 is 0 Å². The van der Waals surface area contributed by atoms with Gasteiger partial charge in [-0.1, -0.05) is 0 Å². The summed E-state index contributed by atoms with van der Waals surface area (Å²) in [7, 11) is 4.06. The number of hydrogen-bond acceptors (Lipinski definition) is 2. The zero-order valence-electron chi connectivity index (χ0n) is 10.4. The maximum absolute atomic E-state index is 5.23. The van der Waals surface area contributed by atoms with Gasteiger partial charge in [-0.3, -0.25) is 0 Å². The number of rotatable bonds is 4. The Bertz CT molecular complexity index is 382. The zero-order valence-corrected chi connectivity index (χ0v) is 11.2. The van der Waals surface area contributed by atoms with E-state index in [0.29, 0.717) is 0 Å². The number of nitrogens with one attached hydrogen (secondary N) is 2. The van der Waals surface area contributed by atoms with E-state index in [2.05, 4.69) is 27.7 Å². The van der Waals surface area contributed by atoms with Crippen LogP contribution in [-0.4, -0.2) is 25.8 Å². The molecule has 0 radical (unpaired) electrons. The SMILES string of the molecule is CN(C)c1ccc(NC(=S)NCC2CC2)cc1. The number of benzene rings is 1. The maximum atomic E-state index is 5.23. The van der Waals surface area contributed by atoms with Crippen LogP contribution in [0.1, 0.15) is 12.8 Å². The summed E-state index contributed by atoms with van der Waals surface area (Å²) in [5.41, 5.74) is 2.22. The van der Waals surface area contributed by atoms with Crippen molar-refractivity contribution in [2.75, 3.05) is 30.9 Å². The van der Waals surface area contributed by atoms with Crippen molar-refractivity contribution in [2.24, 2.45) is 5.92 Å². The van der Waals surface area contributed by atoms with E-state index in [1.54, 1.807) is 0 Å². The fourth-order valence-corrected chi connectivity index (χ4v) is 1.78. The molecule has 0 aliphatic heterocycles. The number of thiocarbonyl (C=S) groups is 1. The Morgan fingerprint density at radius 3 is 2.47 bits per heavy atom. The summed E-state index contributed by atoms with van der Waals surface area (Å²) in [6, 6.07) is 8.23. The topological polar surface area (TPSA) is 27.3 Å². The number of anilines is 2. The second-order valence-electron chi connectivity index (χ2n) is 4.72. The molecular formula is C13H19N3S. The molecule has 0 amide bonds. The third-order valence-electron chi connectivity index (χ3n) is 2.89. The molecule has 0 atom stereocenters. The predicted octanol–water partition coefficient (Wildman–Crippen LogP) is 2.45. The van der Waals surface area contributed by atoms with Crippen molar-refractivity contribution in [3.05, 3.63) is 24.3 Å². The molecule has 0 bridgehead atoms. The van der Waals surface area contributed by atoms with Crippen LogP contribution in [0.15, 0.2) is 24.3 Å². The molecule has 2 rings (SSSR count). The summed E-state index contributed by atoms with van der Waals surface area (Å²) < 4.78 is 0. The predicted molar refractivity (Wildman–Crippen MR) is 77.7 cm³/mol. The molecule has 3 nitrogen and oxygen atoms in total. The molecule has 92 valence electrons. The highest BCUT2D eigenvalue weighted by Gasteiger charge is 2.20. The fraction of sp³-hybridized carbons (Fsp3) is 0.462. The van der Waals surface area contributed by atoms with Gasteiger partial charge in [-0.15, -0.1) is 0 Å². The Morgan fingerprint density at radius 2 is 1.94 bits per heavy atom. The second-order valence-corrected chi connectivity index (χ2v) is 5.13. The Hall–Kier alpha value is -1.29. The highest BCUT2D eigenvalue weighted by molar-refractivity contribution is 7.80. The first-order valence-corrected chi connectivity index (χ1v) is 6.38. The Morgan fingerprint density at radius 1 is 1.29 bits per heavy atom.